The third-order valence-corrected chi connectivity index (χ3v) is 3.84. The maximum absolute atomic E-state index is 11.2. The van der Waals surface area contributed by atoms with Gasteiger partial charge in [-0.25, -0.2) is 0 Å². The Morgan fingerprint density at radius 2 is 2.32 bits per heavy atom. The first-order valence-corrected chi connectivity index (χ1v) is 7.17. The molecule has 104 valence electrons. The van der Waals surface area contributed by atoms with Crippen LogP contribution in [0.2, 0.25) is 0 Å². The van der Waals surface area contributed by atoms with Crippen LogP contribution in [0.15, 0.2) is 11.6 Å². The maximum Gasteiger partial charge on any atom is 0.351 e. The fourth-order valence-electron chi connectivity index (χ4n) is 2.25. The molecule has 2 rings (SSSR count). The molecule has 2 aromatic heterocycles. The molecule has 0 aliphatic carbocycles. The molecule has 0 aliphatic rings. The van der Waals surface area contributed by atoms with Gasteiger partial charge in [0.2, 0.25) is 0 Å². The van der Waals surface area contributed by atoms with E-state index in [1.165, 1.54) is 11.3 Å². The van der Waals surface area contributed by atoms with Crippen LogP contribution in [-0.2, 0) is 6.42 Å². The first-order valence-electron chi connectivity index (χ1n) is 6.29. The normalized spacial score (nSPS) is 13.3. The predicted octanol–water partition coefficient (Wildman–Crippen LogP) is 2.48. The van der Waals surface area contributed by atoms with E-state index >= 15 is 0 Å². The fourth-order valence-corrected chi connectivity index (χ4v) is 2.98. The topological polar surface area (TPSA) is 72.5 Å². The van der Waals surface area contributed by atoms with Crippen LogP contribution in [0.1, 0.15) is 26.0 Å². The maximum atomic E-state index is 11.2. The predicted molar refractivity (Wildman–Crippen MR) is 75.7 cm³/mol. The van der Waals surface area contributed by atoms with Gasteiger partial charge in [-0.05, 0) is 24.3 Å². The molecule has 0 spiro atoms. The fraction of sp³-hybridized carbons (Fsp3) is 0.583. The highest BCUT2D eigenvalue weighted by atomic mass is 32.1. The van der Waals surface area contributed by atoms with E-state index in [1.54, 1.807) is 10.6 Å². The number of aromatic nitrogens is 2. The lowest BCUT2D eigenvalue weighted by Gasteiger charge is -2.16. The molecule has 1 N–H and O–H groups in total. The highest BCUT2D eigenvalue weighted by Crippen LogP contribution is 2.25. The highest BCUT2D eigenvalue weighted by molar-refractivity contribution is 7.15. The van der Waals surface area contributed by atoms with Gasteiger partial charge in [0.1, 0.15) is 11.9 Å². The number of fused-ring (bicyclic) bond motifs is 1. The molecule has 0 aromatic carbocycles. The van der Waals surface area contributed by atoms with Gasteiger partial charge in [-0.3, -0.25) is 0 Å². The average molecular weight is 282 g/mol. The molecule has 0 saturated carbocycles. The largest absolute Gasteiger partial charge is 0.358 e. The quantitative estimate of drug-likeness (QED) is 0.652. The Kier molecular flexibility index (Phi) is 4.16. The SMILES string of the molecule is CNC(Cc1nc2sccn2c1[N+](=O)[O-])CC(C)C. The minimum absolute atomic E-state index is 0.0975. The van der Waals surface area contributed by atoms with Crippen LogP contribution < -0.4 is 5.32 Å². The molecular weight excluding hydrogens is 264 g/mol. The van der Waals surface area contributed by atoms with Gasteiger partial charge >= 0.3 is 5.82 Å². The van der Waals surface area contributed by atoms with Crippen LogP contribution in [0.5, 0.6) is 0 Å². The number of hydrogen-bond acceptors (Lipinski definition) is 5. The Morgan fingerprint density at radius 1 is 1.58 bits per heavy atom. The van der Waals surface area contributed by atoms with Crippen LogP contribution in [0.25, 0.3) is 4.96 Å². The van der Waals surface area contributed by atoms with Gasteiger partial charge in [-0.1, -0.05) is 25.2 Å². The molecule has 1 unspecified atom stereocenters. The van der Waals surface area contributed by atoms with Gasteiger partial charge in [0.05, 0.1) is 0 Å². The number of rotatable bonds is 6. The van der Waals surface area contributed by atoms with Crippen LogP contribution in [0, 0.1) is 16.0 Å². The molecule has 0 saturated heterocycles. The summed E-state index contributed by atoms with van der Waals surface area (Å²) < 4.78 is 1.56. The zero-order valence-corrected chi connectivity index (χ0v) is 12.1. The van der Waals surface area contributed by atoms with Crippen molar-refractivity contribution in [2.45, 2.75) is 32.7 Å². The molecular formula is C12H18N4O2S. The van der Waals surface area contributed by atoms with Crippen molar-refractivity contribution in [2.75, 3.05) is 7.05 Å². The Labute approximate surface area is 115 Å². The van der Waals surface area contributed by atoms with E-state index in [-0.39, 0.29) is 16.8 Å². The summed E-state index contributed by atoms with van der Waals surface area (Å²) in [7, 11) is 1.89. The third kappa shape index (κ3) is 2.93. The zero-order valence-electron chi connectivity index (χ0n) is 11.3. The van der Waals surface area contributed by atoms with E-state index in [2.05, 4.69) is 24.1 Å². The van der Waals surface area contributed by atoms with E-state index in [1.807, 2.05) is 12.4 Å². The lowest BCUT2D eigenvalue weighted by atomic mass is 10.00. The van der Waals surface area contributed by atoms with Gasteiger partial charge in [-0.15, -0.1) is 0 Å². The van der Waals surface area contributed by atoms with Crippen molar-refractivity contribution < 1.29 is 4.92 Å². The van der Waals surface area contributed by atoms with Crippen molar-refractivity contribution in [3.05, 3.63) is 27.4 Å². The minimum Gasteiger partial charge on any atom is -0.358 e. The van der Waals surface area contributed by atoms with Crippen LogP contribution in [0.4, 0.5) is 5.82 Å². The van der Waals surface area contributed by atoms with Gasteiger partial charge < -0.3 is 15.4 Å². The smallest absolute Gasteiger partial charge is 0.351 e. The molecule has 0 amide bonds. The zero-order chi connectivity index (χ0) is 14.0. The number of nitrogens with zero attached hydrogens (tertiary/aromatic N) is 3. The molecule has 19 heavy (non-hydrogen) atoms. The second-order valence-electron chi connectivity index (χ2n) is 5.01. The van der Waals surface area contributed by atoms with E-state index in [0.29, 0.717) is 23.0 Å². The monoisotopic (exact) mass is 282 g/mol. The molecule has 1 atom stereocenters. The highest BCUT2D eigenvalue weighted by Gasteiger charge is 2.25. The van der Waals surface area contributed by atoms with Gasteiger partial charge in [0.15, 0.2) is 0 Å². The first kappa shape index (κ1) is 14.0. The Hall–Kier alpha value is -1.47. The van der Waals surface area contributed by atoms with Gasteiger partial charge in [0, 0.05) is 17.8 Å². The van der Waals surface area contributed by atoms with Crippen LogP contribution in [-0.4, -0.2) is 27.4 Å². The Balaban J connectivity index is 2.30. The van der Waals surface area contributed by atoms with Crippen molar-refractivity contribution >= 4 is 22.1 Å². The van der Waals surface area contributed by atoms with Crippen molar-refractivity contribution in [2.24, 2.45) is 5.92 Å². The summed E-state index contributed by atoms with van der Waals surface area (Å²) in [5, 5.41) is 16.2. The molecule has 0 bridgehead atoms. The standard InChI is InChI=1S/C12H18N4O2S/c1-8(2)6-9(13-3)7-10-11(16(17)18)15-4-5-19-12(15)14-10/h4-5,8-9,13H,6-7H2,1-3H3. The van der Waals surface area contributed by atoms with Crippen LogP contribution in [0.3, 0.4) is 0 Å². The van der Waals surface area contributed by atoms with Crippen molar-refractivity contribution in [3.63, 3.8) is 0 Å². The Morgan fingerprint density at radius 3 is 2.89 bits per heavy atom. The second-order valence-corrected chi connectivity index (χ2v) is 5.89. The summed E-state index contributed by atoms with van der Waals surface area (Å²) in [5.41, 5.74) is 0.567. The number of nitro groups is 1. The van der Waals surface area contributed by atoms with Crippen molar-refractivity contribution in [3.8, 4) is 0 Å². The molecule has 0 radical (unpaired) electrons. The molecule has 7 heteroatoms. The molecule has 6 nitrogen and oxygen atoms in total. The van der Waals surface area contributed by atoms with E-state index in [9.17, 15) is 10.1 Å². The number of likely N-dealkylation sites (N-methyl/N-ethyl adjacent to an activating group) is 1. The number of hydrogen-bond donors (Lipinski definition) is 1. The number of imidazole rings is 1. The second kappa shape index (κ2) is 5.66. The summed E-state index contributed by atoms with van der Waals surface area (Å²) in [6, 6.07) is 0.211. The first-order chi connectivity index (χ1) is 9.02. The van der Waals surface area contributed by atoms with E-state index in [4.69, 9.17) is 0 Å². The van der Waals surface area contributed by atoms with Crippen molar-refractivity contribution in [1.82, 2.24) is 14.7 Å². The molecule has 2 heterocycles. The summed E-state index contributed by atoms with van der Waals surface area (Å²) in [6.45, 7) is 4.29. The summed E-state index contributed by atoms with van der Waals surface area (Å²) >= 11 is 1.42. The lowest BCUT2D eigenvalue weighted by molar-refractivity contribution is -0.391. The van der Waals surface area contributed by atoms with Crippen LogP contribution >= 0.6 is 11.3 Å². The van der Waals surface area contributed by atoms with Gasteiger partial charge in [0.25, 0.3) is 4.96 Å². The summed E-state index contributed by atoms with van der Waals surface area (Å²) in [5.74, 6) is 0.639. The minimum atomic E-state index is -0.343. The molecule has 0 fully saturated rings. The number of thiazole rings is 1. The van der Waals surface area contributed by atoms with Gasteiger partial charge in [-0.2, -0.15) is 9.38 Å². The lowest BCUT2D eigenvalue weighted by Crippen LogP contribution is -2.29. The van der Waals surface area contributed by atoms with E-state index in [0.717, 1.165) is 6.42 Å². The number of nitrogens with one attached hydrogen (secondary N) is 1. The molecule has 0 aliphatic heterocycles. The average Bonchev–Trinajstić information content (AvgIpc) is 2.86. The summed E-state index contributed by atoms with van der Waals surface area (Å²) in [6.07, 6.45) is 3.25. The molecule has 2 aromatic rings. The third-order valence-electron chi connectivity index (χ3n) is 3.08. The van der Waals surface area contributed by atoms with Crippen molar-refractivity contribution in [1.29, 1.82) is 0 Å². The summed E-state index contributed by atoms with van der Waals surface area (Å²) in [4.78, 5) is 15.9. The Bertz CT molecular complexity index is 575. The van der Waals surface area contributed by atoms with E-state index < -0.39 is 0 Å².